The molecule has 0 atom stereocenters. The number of hydrogen-bond acceptors (Lipinski definition) is 6. The molecule has 0 aliphatic carbocycles. The molecule has 3 rings (SSSR count). The number of hydrazone groups is 1. The average molecular weight is 409 g/mol. The van der Waals surface area contributed by atoms with Crippen molar-refractivity contribution < 1.29 is 9.66 Å². The Morgan fingerprint density at radius 3 is 2.59 bits per heavy atom. The number of nitro groups is 1. The first-order valence-electron chi connectivity index (χ1n) is 8.36. The van der Waals surface area contributed by atoms with Gasteiger partial charge in [0.15, 0.2) is 0 Å². The van der Waals surface area contributed by atoms with Crippen LogP contribution in [0.4, 0.5) is 11.4 Å². The fraction of sp³-hybridized carbons (Fsp3) is 0.278. The van der Waals surface area contributed by atoms with E-state index >= 15 is 0 Å². The molecule has 142 valence electrons. The van der Waals surface area contributed by atoms with E-state index < -0.39 is 0 Å². The summed E-state index contributed by atoms with van der Waals surface area (Å²) in [5, 5.41) is 16.7. The van der Waals surface area contributed by atoms with Gasteiger partial charge in [-0.05, 0) is 18.2 Å². The lowest BCUT2D eigenvalue weighted by atomic mass is 10.1. The smallest absolute Gasteiger partial charge is 0.293 e. The summed E-state index contributed by atoms with van der Waals surface area (Å²) in [5.41, 5.74) is 4.87. The van der Waals surface area contributed by atoms with Crippen LogP contribution in [-0.2, 0) is 11.3 Å². The molecule has 0 spiro atoms. The predicted molar refractivity (Wildman–Crippen MR) is 107 cm³/mol. The first-order chi connectivity index (χ1) is 13.1. The summed E-state index contributed by atoms with van der Waals surface area (Å²) < 4.78 is 5.30. The molecule has 0 radical (unpaired) electrons. The Labute approximate surface area is 166 Å². The summed E-state index contributed by atoms with van der Waals surface area (Å²) in [6, 6.07) is 10.3. The van der Waals surface area contributed by atoms with E-state index in [1.165, 1.54) is 12.3 Å². The van der Waals surface area contributed by atoms with Crippen LogP contribution in [0.2, 0.25) is 10.0 Å². The Hall–Kier alpha value is -2.35. The second-order valence-corrected chi connectivity index (χ2v) is 6.71. The number of nitrogens with zero attached hydrogens (tertiary/aromatic N) is 3. The van der Waals surface area contributed by atoms with Crippen molar-refractivity contribution in [2.45, 2.75) is 6.54 Å². The summed E-state index contributed by atoms with van der Waals surface area (Å²) in [7, 11) is 0. The number of hydrogen-bond donors (Lipinski definition) is 1. The van der Waals surface area contributed by atoms with E-state index in [1.807, 2.05) is 4.90 Å². The van der Waals surface area contributed by atoms with Crippen molar-refractivity contribution in [1.29, 1.82) is 0 Å². The number of morpholine rings is 1. The molecule has 1 N–H and O–H groups in total. The standard InChI is InChI=1S/C18H18Cl2N4O3/c19-15-2-1-3-16(20)14(15)12-22-21-11-13-4-5-17(18(10-13)24(25)26)23-6-8-27-9-7-23/h1-5,10-11,22H,6-9,12H2/b21-11-. The van der Waals surface area contributed by atoms with Crippen molar-refractivity contribution in [3.63, 3.8) is 0 Å². The molecule has 9 heteroatoms. The van der Waals surface area contributed by atoms with E-state index in [9.17, 15) is 10.1 Å². The van der Waals surface area contributed by atoms with Crippen molar-refractivity contribution in [3.8, 4) is 0 Å². The lowest BCUT2D eigenvalue weighted by molar-refractivity contribution is -0.384. The summed E-state index contributed by atoms with van der Waals surface area (Å²) >= 11 is 12.2. The van der Waals surface area contributed by atoms with Crippen LogP contribution in [-0.4, -0.2) is 37.4 Å². The molecule has 0 aromatic heterocycles. The zero-order valence-electron chi connectivity index (χ0n) is 14.4. The molecule has 0 amide bonds. The molecule has 0 saturated carbocycles. The molecule has 0 bridgehead atoms. The molecule has 1 aliphatic heterocycles. The number of nitro benzene ring substituents is 1. The minimum Gasteiger partial charge on any atom is -0.378 e. The summed E-state index contributed by atoms with van der Waals surface area (Å²) in [6.07, 6.45) is 1.53. The van der Waals surface area contributed by atoms with Gasteiger partial charge in [-0.25, -0.2) is 0 Å². The summed E-state index contributed by atoms with van der Waals surface area (Å²) in [4.78, 5) is 13.0. The van der Waals surface area contributed by atoms with E-state index in [0.717, 1.165) is 5.56 Å². The van der Waals surface area contributed by atoms with Crippen molar-refractivity contribution >= 4 is 40.8 Å². The highest BCUT2D eigenvalue weighted by molar-refractivity contribution is 6.35. The van der Waals surface area contributed by atoms with Crippen molar-refractivity contribution in [2.75, 3.05) is 31.2 Å². The molecule has 27 heavy (non-hydrogen) atoms. The zero-order valence-corrected chi connectivity index (χ0v) is 15.9. The SMILES string of the molecule is O=[N+]([O-])c1cc(/C=N\NCc2c(Cl)cccc2Cl)ccc1N1CCOCC1. The van der Waals surface area contributed by atoms with E-state index in [2.05, 4.69) is 10.5 Å². The highest BCUT2D eigenvalue weighted by atomic mass is 35.5. The molecule has 1 saturated heterocycles. The first kappa shape index (κ1) is 19.4. The number of halogens is 2. The Morgan fingerprint density at radius 1 is 1.22 bits per heavy atom. The maximum atomic E-state index is 11.5. The maximum absolute atomic E-state index is 11.5. The molecular weight excluding hydrogens is 391 g/mol. The monoisotopic (exact) mass is 408 g/mol. The molecule has 2 aromatic carbocycles. The lowest BCUT2D eigenvalue weighted by Crippen LogP contribution is -2.36. The Bertz CT molecular complexity index is 834. The largest absolute Gasteiger partial charge is 0.378 e. The van der Waals surface area contributed by atoms with Crippen molar-refractivity contribution in [2.24, 2.45) is 5.10 Å². The quantitative estimate of drug-likeness (QED) is 0.445. The van der Waals surface area contributed by atoms with E-state index in [0.29, 0.717) is 54.1 Å². The van der Waals surface area contributed by atoms with Crippen molar-refractivity contribution in [1.82, 2.24) is 5.43 Å². The third-order valence-corrected chi connectivity index (χ3v) is 4.88. The van der Waals surface area contributed by atoms with E-state index in [-0.39, 0.29) is 10.6 Å². The molecular formula is C18H18Cl2N4O3. The minimum absolute atomic E-state index is 0.0509. The van der Waals surface area contributed by atoms with Gasteiger partial charge in [0.05, 0.1) is 30.9 Å². The predicted octanol–water partition coefficient (Wildman–Crippen LogP) is 3.86. The van der Waals surface area contributed by atoms with Crippen LogP contribution < -0.4 is 10.3 Å². The maximum Gasteiger partial charge on any atom is 0.293 e. The van der Waals surface area contributed by atoms with E-state index in [4.69, 9.17) is 27.9 Å². The molecule has 1 heterocycles. The highest BCUT2D eigenvalue weighted by Crippen LogP contribution is 2.29. The highest BCUT2D eigenvalue weighted by Gasteiger charge is 2.21. The summed E-state index contributed by atoms with van der Waals surface area (Å²) in [6.45, 7) is 2.75. The molecule has 1 aliphatic rings. The Balaban J connectivity index is 1.70. The van der Waals surface area contributed by atoms with Gasteiger partial charge >= 0.3 is 0 Å². The molecule has 2 aromatic rings. The van der Waals surface area contributed by atoms with Crippen LogP contribution >= 0.6 is 23.2 Å². The number of ether oxygens (including phenoxy) is 1. The number of nitrogens with one attached hydrogen (secondary N) is 1. The average Bonchev–Trinajstić information content (AvgIpc) is 2.67. The van der Waals surface area contributed by atoms with Gasteiger partial charge in [-0.1, -0.05) is 35.3 Å². The number of benzene rings is 2. The Morgan fingerprint density at radius 2 is 1.93 bits per heavy atom. The second kappa shape index (κ2) is 9.03. The van der Waals surface area contributed by atoms with Crippen LogP contribution in [0.5, 0.6) is 0 Å². The summed E-state index contributed by atoms with van der Waals surface area (Å²) in [5.74, 6) is 0. The molecule has 1 fully saturated rings. The number of rotatable bonds is 6. The van der Waals surface area contributed by atoms with Crippen LogP contribution in [0.1, 0.15) is 11.1 Å². The zero-order chi connectivity index (χ0) is 19.2. The lowest BCUT2D eigenvalue weighted by Gasteiger charge is -2.28. The van der Waals surface area contributed by atoms with E-state index in [1.54, 1.807) is 30.3 Å². The van der Waals surface area contributed by atoms with Gasteiger partial charge in [0.2, 0.25) is 0 Å². The van der Waals surface area contributed by atoms with Gasteiger partial charge in [-0.2, -0.15) is 5.10 Å². The Kier molecular flexibility index (Phi) is 6.49. The number of anilines is 1. The van der Waals surface area contributed by atoms with Crippen LogP contribution in [0, 0.1) is 10.1 Å². The molecule has 7 nitrogen and oxygen atoms in total. The topological polar surface area (TPSA) is 80.0 Å². The van der Waals surface area contributed by atoms with Gasteiger partial charge < -0.3 is 15.1 Å². The fourth-order valence-electron chi connectivity index (χ4n) is 2.78. The minimum atomic E-state index is -0.376. The van der Waals surface area contributed by atoms with Gasteiger partial charge in [0, 0.05) is 40.3 Å². The normalized spacial score (nSPS) is 14.5. The third kappa shape index (κ3) is 4.88. The fourth-order valence-corrected chi connectivity index (χ4v) is 3.32. The van der Waals surface area contributed by atoms with Gasteiger partial charge in [0.25, 0.3) is 5.69 Å². The second-order valence-electron chi connectivity index (χ2n) is 5.90. The van der Waals surface area contributed by atoms with Crippen LogP contribution in [0.3, 0.4) is 0 Å². The third-order valence-electron chi connectivity index (χ3n) is 4.17. The first-order valence-corrected chi connectivity index (χ1v) is 9.12. The molecule has 0 unspecified atom stereocenters. The van der Waals surface area contributed by atoms with Crippen LogP contribution in [0.25, 0.3) is 0 Å². The van der Waals surface area contributed by atoms with Crippen molar-refractivity contribution in [3.05, 3.63) is 67.7 Å². The van der Waals surface area contributed by atoms with Gasteiger partial charge in [-0.15, -0.1) is 0 Å². The van der Waals surface area contributed by atoms with Gasteiger partial charge in [-0.3, -0.25) is 10.1 Å². The van der Waals surface area contributed by atoms with Gasteiger partial charge in [0.1, 0.15) is 5.69 Å². The van der Waals surface area contributed by atoms with Crippen LogP contribution in [0.15, 0.2) is 41.5 Å².